The largest absolute Gasteiger partial charge is 0.484 e. The zero-order valence-electron chi connectivity index (χ0n) is 15.2. The van der Waals surface area contributed by atoms with Gasteiger partial charge in [0.1, 0.15) is 5.75 Å². The highest BCUT2D eigenvalue weighted by atomic mass is 16.5. The maximum Gasteiger partial charge on any atom is 0.260 e. The summed E-state index contributed by atoms with van der Waals surface area (Å²) in [5.41, 5.74) is 2.30. The van der Waals surface area contributed by atoms with E-state index in [-0.39, 0.29) is 18.4 Å². The van der Waals surface area contributed by atoms with Crippen LogP contribution in [-0.4, -0.2) is 40.6 Å². The average molecular weight is 363 g/mol. The first kappa shape index (κ1) is 17.3. The van der Waals surface area contributed by atoms with Gasteiger partial charge in [-0.1, -0.05) is 53.2 Å². The molecule has 6 nitrogen and oxygen atoms in total. The molecule has 0 aliphatic carbocycles. The van der Waals surface area contributed by atoms with Gasteiger partial charge in [0.15, 0.2) is 12.4 Å². The minimum absolute atomic E-state index is 0.0316. The van der Waals surface area contributed by atoms with Crippen LogP contribution in [0.2, 0.25) is 0 Å². The molecule has 1 fully saturated rings. The number of benzene rings is 2. The Morgan fingerprint density at radius 1 is 1.15 bits per heavy atom. The number of amides is 1. The quantitative estimate of drug-likeness (QED) is 0.673. The standard InChI is InChI=1S/C21H21N3O3/c1-15-7-9-18(10-8-15)26-14-20(25)24-12-17(13-24)21-22-19(23-27-21)11-16-5-3-2-4-6-16/h2-10,17H,11-14H2,1H3. The van der Waals surface area contributed by atoms with Gasteiger partial charge in [-0.3, -0.25) is 4.79 Å². The van der Waals surface area contributed by atoms with E-state index in [0.717, 1.165) is 11.1 Å². The lowest BCUT2D eigenvalue weighted by molar-refractivity contribution is -0.138. The molecule has 0 saturated carbocycles. The SMILES string of the molecule is Cc1ccc(OCC(=O)N2CC(c3nc(Cc4ccccc4)no3)C2)cc1. The van der Waals surface area contributed by atoms with Gasteiger partial charge in [-0.2, -0.15) is 4.98 Å². The molecule has 0 N–H and O–H groups in total. The van der Waals surface area contributed by atoms with Crippen LogP contribution < -0.4 is 4.74 Å². The van der Waals surface area contributed by atoms with Crippen molar-refractivity contribution in [3.8, 4) is 5.75 Å². The third kappa shape index (κ3) is 4.16. The smallest absolute Gasteiger partial charge is 0.260 e. The lowest BCUT2D eigenvalue weighted by Gasteiger charge is -2.36. The van der Waals surface area contributed by atoms with E-state index in [2.05, 4.69) is 10.1 Å². The Morgan fingerprint density at radius 2 is 1.89 bits per heavy atom. The van der Waals surface area contributed by atoms with Crippen LogP contribution in [0.25, 0.3) is 0 Å². The second-order valence-electron chi connectivity index (χ2n) is 6.81. The van der Waals surface area contributed by atoms with E-state index >= 15 is 0 Å². The Kier molecular flexibility index (Phi) is 4.87. The lowest BCUT2D eigenvalue weighted by atomic mass is 10.0. The van der Waals surface area contributed by atoms with Gasteiger partial charge >= 0.3 is 0 Å². The molecule has 4 rings (SSSR count). The summed E-state index contributed by atoms with van der Waals surface area (Å²) in [6.45, 7) is 3.23. The van der Waals surface area contributed by atoms with Crippen molar-refractivity contribution in [1.82, 2.24) is 15.0 Å². The second-order valence-corrected chi connectivity index (χ2v) is 6.81. The van der Waals surface area contributed by atoms with Gasteiger partial charge < -0.3 is 14.2 Å². The number of carbonyl (C=O) groups excluding carboxylic acids is 1. The topological polar surface area (TPSA) is 68.5 Å². The summed E-state index contributed by atoms with van der Waals surface area (Å²) in [7, 11) is 0. The third-order valence-electron chi connectivity index (χ3n) is 4.66. The summed E-state index contributed by atoms with van der Waals surface area (Å²) in [6.07, 6.45) is 0.643. The van der Waals surface area contributed by atoms with Crippen LogP contribution in [-0.2, 0) is 11.2 Å². The van der Waals surface area contributed by atoms with Crippen molar-refractivity contribution in [2.45, 2.75) is 19.3 Å². The molecule has 1 aromatic heterocycles. The molecule has 0 atom stereocenters. The molecular formula is C21H21N3O3. The van der Waals surface area contributed by atoms with Crippen molar-refractivity contribution >= 4 is 5.91 Å². The number of aromatic nitrogens is 2. The molecule has 6 heteroatoms. The Balaban J connectivity index is 1.25. The van der Waals surface area contributed by atoms with E-state index in [1.165, 1.54) is 0 Å². The monoisotopic (exact) mass is 363 g/mol. The molecule has 0 radical (unpaired) electrons. The fourth-order valence-electron chi connectivity index (χ4n) is 2.99. The van der Waals surface area contributed by atoms with Crippen molar-refractivity contribution in [3.05, 3.63) is 77.4 Å². The van der Waals surface area contributed by atoms with Gasteiger partial charge in [0.25, 0.3) is 5.91 Å². The highest BCUT2D eigenvalue weighted by Gasteiger charge is 2.35. The summed E-state index contributed by atoms with van der Waals surface area (Å²) < 4.78 is 10.9. The average Bonchev–Trinajstić information content (AvgIpc) is 3.09. The Hall–Kier alpha value is -3.15. The molecule has 27 heavy (non-hydrogen) atoms. The van der Waals surface area contributed by atoms with E-state index in [1.54, 1.807) is 4.90 Å². The highest BCUT2D eigenvalue weighted by molar-refractivity contribution is 5.78. The van der Waals surface area contributed by atoms with Gasteiger partial charge in [-0.05, 0) is 24.6 Å². The number of likely N-dealkylation sites (tertiary alicyclic amines) is 1. The normalized spacial score (nSPS) is 14.0. The van der Waals surface area contributed by atoms with Gasteiger partial charge in [0.05, 0.1) is 5.92 Å². The van der Waals surface area contributed by atoms with Gasteiger partial charge in [0.2, 0.25) is 5.89 Å². The number of carbonyl (C=O) groups is 1. The zero-order valence-corrected chi connectivity index (χ0v) is 15.2. The predicted molar refractivity (Wildman–Crippen MR) is 99.5 cm³/mol. The molecule has 1 amide bonds. The summed E-state index contributed by atoms with van der Waals surface area (Å²) in [6, 6.07) is 17.7. The predicted octanol–water partition coefficient (Wildman–Crippen LogP) is 2.97. The van der Waals surface area contributed by atoms with Gasteiger partial charge in [-0.25, -0.2) is 0 Å². The first-order chi connectivity index (χ1) is 13.2. The van der Waals surface area contributed by atoms with Gasteiger partial charge in [-0.15, -0.1) is 0 Å². The minimum atomic E-state index is -0.0316. The minimum Gasteiger partial charge on any atom is -0.484 e. The van der Waals surface area contributed by atoms with Crippen LogP contribution in [0.1, 0.15) is 28.8 Å². The Bertz CT molecular complexity index is 900. The third-order valence-corrected chi connectivity index (χ3v) is 4.66. The molecule has 2 aromatic carbocycles. The summed E-state index contributed by atoms with van der Waals surface area (Å²) in [5.74, 6) is 2.04. The number of hydrogen-bond acceptors (Lipinski definition) is 5. The van der Waals surface area contributed by atoms with Crippen molar-refractivity contribution in [2.75, 3.05) is 19.7 Å². The first-order valence-electron chi connectivity index (χ1n) is 9.01. The number of hydrogen-bond donors (Lipinski definition) is 0. The molecule has 1 saturated heterocycles. The number of nitrogens with zero attached hydrogens (tertiary/aromatic N) is 3. The van der Waals surface area contributed by atoms with Crippen LogP contribution in [0.15, 0.2) is 59.1 Å². The Labute approximate surface area is 157 Å². The van der Waals surface area contributed by atoms with E-state index < -0.39 is 0 Å². The molecule has 2 heterocycles. The lowest BCUT2D eigenvalue weighted by Crippen LogP contribution is -2.50. The van der Waals surface area contributed by atoms with Crippen molar-refractivity contribution in [1.29, 1.82) is 0 Å². The molecule has 138 valence electrons. The van der Waals surface area contributed by atoms with E-state index in [0.29, 0.717) is 37.0 Å². The highest BCUT2D eigenvalue weighted by Crippen LogP contribution is 2.26. The number of rotatable bonds is 6. The van der Waals surface area contributed by atoms with Crippen molar-refractivity contribution in [3.63, 3.8) is 0 Å². The molecule has 1 aliphatic heterocycles. The van der Waals surface area contributed by atoms with Crippen molar-refractivity contribution < 1.29 is 14.1 Å². The Morgan fingerprint density at radius 3 is 2.63 bits per heavy atom. The molecule has 3 aromatic rings. The van der Waals surface area contributed by atoms with Gasteiger partial charge in [0, 0.05) is 19.5 Å². The van der Waals surface area contributed by atoms with Crippen LogP contribution in [0.3, 0.4) is 0 Å². The van der Waals surface area contributed by atoms with E-state index in [4.69, 9.17) is 9.26 Å². The van der Waals surface area contributed by atoms with E-state index in [1.807, 2.05) is 61.5 Å². The fourth-order valence-corrected chi connectivity index (χ4v) is 2.99. The molecule has 1 aliphatic rings. The first-order valence-corrected chi connectivity index (χ1v) is 9.01. The number of aryl methyl sites for hydroxylation is 1. The van der Waals surface area contributed by atoms with Crippen LogP contribution in [0.4, 0.5) is 0 Å². The maximum absolute atomic E-state index is 12.2. The molecular weight excluding hydrogens is 342 g/mol. The van der Waals surface area contributed by atoms with Crippen molar-refractivity contribution in [2.24, 2.45) is 0 Å². The van der Waals surface area contributed by atoms with Crippen LogP contribution in [0, 0.1) is 6.92 Å². The summed E-state index contributed by atoms with van der Waals surface area (Å²) in [5, 5.41) is 4.05. The fraction of sp³-hybridized carbons (Fsp3) is 0.286. The second kappa shape index (κ2) is 7.61. The zero-order chi connectivity index (χ0) is 18.6. The maximum atomic E-state index is 12.2. The summed E-state index contributed by atoms with van der Waals surface area (Å²) >= 11 is 0. The molecule has 0 bridgehead atoms. The van der Waals surface area contributed by atoms with Crippen LogP contribution >= 0.6 is 0 Å². The molecule has 0 unspecified atom stereocenters. The summed E-state index contributed by atoms with van der Waals surface area (Å²) in [4.78, 5) is 18.4. The van der Waals surface area contributed by atoms with E-state index in [9.17, 15) is 4.79 Å². The number of ether oxygens (including phenoxy) is 1. The molecule has 0 spiro atoms. The van der Waals surface area contributed by atoms with Crippen LogP contribution in [0.5, 0.6) is 5.75 Å².